The quantitative estimate of drug-likeness (QED) is 0.159. The third-order valence-electron chi connectivity index (χ3n) is 5.28. The van der Waals surface area contributed by atoms with Crippen LogP contribution < -0.4 is 5.32 Å². The van der Waals surface area contributed by atoms with Gasteiger partial charge in [0.05, 0.1) is 103 Å². The summed E-state index contributed by atoms with van der Waals surface area (Å²) < 4.78 is 45.2. The Labute approximate surface area is 233 Å². The topological polar surface area (TPSA) is 85.9 Å². The maximum atomic E-state index is 6.00. The Bertz CT molecular complexity index is 520. The number of nitrogens with one attached hydrogen (secondary N) is 1. The molecule has 0 aliphatic carbocycles. The van der Waals surface area contributed by atoms with E-state index >= 15 is 0 Å². The van der Waals surface area contributed by atoms with Gasteiger partial charge in [-0.2, -0.15) is 0 Å². The highest BCUT2D eigenvalue weighted by molar-refractivity contribution is 4.71. The van der Waals surface area contributed by atoms with Crippen molar-refractivity contribution in [1.29, 1.82) is 0 Å². The van der Waals surface area contributed by atoms with Crippen LogP contribution in [0.3, 0.4) is 0 Å². The molecular weight excluding hydrogens is 490 g/mol. The van der Waals surface area contributed by atoms with Gasteiger partial charge >= 0.3 is 0 Å². The van der Waals surface area contributed by atoms with Gasteiger partial charge in [0.15, 0.2) is 0 Å². The number of ether oxygens (including phenoxy) is 8. The molecule has 0 heterocycles. The molecule has 0 aliphatic heterocycles. The van der Waals surface area contributed by atoms with Crippen molar-refractivity contribution in [2.24, 2.45) is 0 Å². The molecule has 0 saturated heterocycles. The molecule has 1 atom stereocenters. The number of hydrogen-bond donors (Lipinski definition) is 1. The smallest absolute Gasteiger partial charge is 0.0707 e. The number of rotatable bonds is 26. The lowest BCUT2D eigenvalue weighted by atomic mass is 10.0. The predicted octanol–water partition coefficient (Wildman–Crippen LogP) is 4.25. The van der Waals surface area contributed by atoms with Crippen molar-refractivity contribution in [3.8, 4) is 0 Å². The highest BCUT2D eigenvalue weighted by Crippen LogP contribution is 2.19. The second-order valence-electron chi connectivity index (χ2n) is 12.0. The van der Waals surface area contributed by atoms with Crippen molar-refractivity contribution < 1.29 is 37.9 Å². The minimum absolute atomic E-state index is 0.124. The molecule has 0 radical (unpaired) electrons. The SMILES string of the molecule is C[C@H](CCC(C)(C)OCCOCCOCCOC(C)(C)C)OCCOCCOCCOCCNC(C)(C)C. The summed E-state index contributed by atoms with van der Waals surface area (Å²) in [5.74, 6) is 0. The minimum Gasteiger partial charge on any atom is -0.378 e. The molecule has 0 unspecified atom stereocenters. The molecule has 230 valence electrons. The summed E-state index contributed by atoms with van der Waals surface area (Å²) in [5, 5.41) is 3.38. The normalized spacial score (nSPS) is 13.8. The molecule has 38 heavy (non-hydrogen) atoms. The van der Waals surface area contributed by atoms with E-state index in [0.717, 1.165) is 19.4 Å². The fourth-order valence-electron chi connectivity index (χ4n) is 3.16. The van der Waals surface area contributed by atoms with Gasteiger partial charge in [0.2, 0.25) is 0 Å². The van der Waals surface area contributed by atoms with Gasteiger partial charge in [-0.05, 0) is 75.2 Å². The summed E-state index contributed by atoms with van der Waals surface area (Å²) in [6, 6.07) is 0. The lowest BCUT2D eigenvalue weighted by molar-refractivity contribution is -0.0700. The average molecular weight is 552 g/mol. The largest absolute Gasteiger partial charge is 0.378 e. The van der Waals surface area contributed by atoms with E-state index < -0.39 is 0 Å². The molecule has 0 rings (SSSR count). The zero-order valence-electron chi connectivity index (χ0n) is 26.2. The van der Waals surface area contributed by atoms with Crippen molar-refractivity contribution in [1.82, 2.24) is 5.32 Å². The Balaban J connectivity index is 3.47. The van der Waals surface area contributed by atoms with Crippen LogP contribution in [0.25, 0.3) is 0 Å². The van der Waals surface area contributed by atoms with Gasteiger partial charge in [-0.3, -0.25) is 0 Å². The first-order chi connectivity index (χ1) is 17.8. The zero-order valence-corrected chi connectivity index (χ0v) is 26.2. The highest BCUT2D eigenvalue weighted by atomic mass is 16.6. The molecule has 9 heteroatoms. The van der Waals surface area contributed by atoms with Crippen LogP contribution >= 0.6 is 0 Å². The summed E-state index contributed by atoms with van der Waals surface area (Å²) in [4.78, 5) is 0. The maximum absolute atomic E-state index is 6.00. The molecule has 0 amide bonds. The lowest BCUT2D eigenvalue weighted by Gasteiger charge is -2.27. The van der Waals surface area contributed by atoms with Crippen LogP contribution in [0.2, 0.25) is 0 Å². The van der Waals surface area contributed by atoms with Crippen LogP contribution in [-0.2, 0) is 37.9 Å². The van der Waals surface area contributed by atoms with Crippen molar-refractivity contribution in [3.63, 3.8) is 0 Å². The Morgan fingerprint density at radius 3 is 1.42 bits per heavy atom. The van der Waals surface area contributed by atoms with E-state index in [1.807, 2.05) is 20.8 Å². The fourth-order valence-corrected chi connectivity index (χ4v) is 3.16. The fraction of sp³-hybridized carbons (Fsp3) is 1.00. The maximum Gasteiger partial charge on any atom is 0.0707 e. The standard InChI is InChI=1S/C29H61NO8/c1-26(36-23-20-33-17-16-32-15-14-31-13-12-30-27(2,3)4)10-11-29(8,9)38-25-22-35-19-18-34-21-24-37-28(5,6)7/h26,30H,10-25H2,1-9H3/t26-/m1/s1. The van der Waals surface area contributed by atoms with Gasteiger partial charge in [0.1, 0.15) is 0 Å². The average Bonchev–Trinajstić information content (AvgIpc) is 2.80. The molecule has 1 N–H and O–H groups in total. The Morgan fingerprint density at radius 1 is 0.526 bits per heavy atom. The van der Waals surface area contributed by atoms with Crippen LogP contribution in [-0.4, -0.2) is 115 Å². The molecule has 0 aromatic carbocycles. The van der Waals surface area contributed by atoms with Gasteiger partial charge in [0, 0.05) is 12.1 Å². The first-order valence-corrected chi connectivity index (χ1v) is 14.3. The summed E-state index contributed by atoms with van der Waals surface area (Å²) in [5.41, 5.74) is -0.223. The van der Waals surface area contributed by atoms with Crippen LogP contribution in [0.5, 0.6) is 0 Å². The Hall–Kier alpha value is -0.360. The molecule has 0 aromatic heterocycles. The second-order valence-corrected chi connectivity index (χ2v) is 12.0. The van der Waals surface area contributed by atoms with E-state index in [0.29, 0.717) is 85.9 Å². The summed E-state index contributed by atoms with van der Waals surface area (Å²) in [6.07, 6.45) is 1.99. The number of hydrogen-bond acceptors (Lipinski definition) is 9. The Morgan fingerprint density at radius 2 is 0.947 bits per heavy atom. The van der Waals surface area contributed by atoms with Crippen LogP contribution in [0.15, 0.2) is 0 Å². The molecule has 0 fully saturated rings. The van der Waals surface area contributed by atoms with E-state index in [1.165, 1.54) is 0 Å². The Kier molecular flexibility index (Phi) is 22.1. The molecule has 0 spiro atoms. The van der Waals surface area contributed by atoms with E-state index in [1.54, 1.807) is 0 Å². The zero-order chi connectivity index (χ0) is 28.8. The molecule has 0 bridgehead atoms. The van der Waals surface area contributed by atoms with Crippen LogP contribution in [0.1, 0.15) is 75.2 Å². The second kappa shape index (κ2) is 22.3. The van der Waals surface area contributed by atoms with E-state index in [-0.39, 0.29) is 22.8 Å². The van der Waals surface area contributed by atoms with E-state index in [4.69, 9.17) is 37.9 Å². The molecular formula is C29H61NO8. The summed E-state index contributed by atoms with van der Waals surface area (Å²) in [7, 11) is 0. The van der Waals surface area contributed by atoms with E-state index in [2.05, 4.69) is 46.9 Å². The van der Waals surface area contributed by atoms with Crippen molar-refractivity contribution in [2.45, 2.75) is 98.0 Å². The molecule has 0 aromatic rings. The lowest BCUT2D eigenvalue weighted by Crippen LogP contribution is -2.38. The van der Waals surface area contributed by atoms with Gasteiger partial charge in [-0.1, -0.05) is 0 Å². The first kappa shape index (κ1) is 37.6. The van der Waals surface area contributed by atoms with Crippen LogP contribution in [0.4, 0.5) is 0 Å². The van der Waals surface area contributed by atoms with E-state index in [9.17, 15) is 0 Å². The molecule has 9 nitrogen and oxygen atoms in total. The van der Waals surface area contributed by atoms with Gasteiger partial charge in [0.25, 0.3) is 0 Å². The minimum atomic E-state index is -0.220. The highest BCUT2D eigenvalue weighted by Gasteiger charge is 2.19. The van der Waals surface area contributed by atoms with Gasteiger partial charge < -0.3 is 43.2 Å². The van der Waals surface area contributed by atoms with Gasteiger partial charge in [-0.25, -0.2) is 0 Å². The van der Waals surface area contributed by atoms with Crippen LogP contribution in [0, 0.1) is 0 Å². The molecule has 0 saturated carbocycles. The monoisotopic (exact) mass is 551 g/mol. The van der Waals surface area contributed by atoms with Crippen molar-refractivity contribution >= 4 is 0 Å². The first-order valence-electron chi connectivity index (χ1n) is 14.3. The third-order valence-corrected chi connectivity index (χ3v) is 5.28. The predicted molar refractivity (Wildman–Crippen MR) is 152 cm³/mol. The molecule has 0 aliphatic rings. The van der Waals surface area contributed by atoms with Crippen molar-refractivity contribution in [3.05, 3.63) is 0 Å². The summed E-state index contributed by atoms with van der Waals surface area (Å²) >= 11 is 0. The van der Waals surface area contributed by atoms with Crippen molar-refractivity contribution in [2.75, 3.05) is 92.4 Å². The third kappa shape index (κ3) is 30.2. The summed E-state index contributed by atoms with van der Waals surface area (Å²) in [6.45, 7) is 27.2. The van der Waals surface area contributed by atoms with Gasteiger partial charge in [-0.15, -0.1) is 0 Å².